The van der Waals surface area contributed by atoms with Gasteiger partial charge in [-0.25, -0.2) is 14.2 Å². The number of aromatic nitrogens is 2. The molecule has 0 spiro atoms. The molecule has 6 rings (SSSR count). The van der Waals surface area contributed by atoms with E-state index in [4.69, 9.17) is 24.1 Å². The molecule has 4 fully saturated rings. The van der Waals surface area contributed by atoms with Gasteiger partial charge in [0.25, 0.3) is 5.56 Å². The molecule has 0 aromatic carbocycles. The average Bonchev–Trinajstić information content (AvgIpc) is 3.69. The number of hydrogen-bond donors (Lipinski definition) is 1. The Morgan fingerprint density at radius 3 is 2.64 bits per heavy atom. The summed E-state index contributed by atoms with van der Waals surface area (Å²) >= 11 is 0. The number of carbonyl (C=O) groups excluding carboxylic acids is 1. The highest BCUT2D eigenvalue weighted by molar-refractivity contribution is 7.71. The molecule has 1 aromatic rings. The van der Waals surface area contributed by atoms with Crippen molar-refractivity contribution in [2.24, 2.45) is 51.5 Å². The first-order chi connectivity index (χ1) is 25.1. The van der Waals surface area contributed by atoms with Crippen molar-refractivity contribution in [2.75, 3.05) is 13.7 Å². The molecule has 13 nitrogen and oxygen atoms in total. The normalized spacial score (nSPS) is 36.7. The number of aromatic amines is 1. The van der Waals surface area contributed by atoms with Crippen LogP contribution in [0.3, 0.4) is 0 Å². The van der Waals surface area contributed by atoms with Gasteiger partial charge < -0.3 is 14.0 Å². The monoisotopic (exact) mass is 757 g/mol. The van der Waals surface area contributed by atoms with Gasteiger partial charge >= 0.3 is 19.0 Å². The van der Waals surface area contributed by atoms with Crippen LogP contribution in [-0.4, -0.2) is 47.2 Å². The van der Waals surface area contributed by atoms with Crippen LogP contribution in [0.1, 0.15) is 123 Å². The highest BCUT2D eigenvalue weighted by atomic mass is 31.2. The Hall–Kier alpha value is -2.69. The molecule has 1 aliphatic heterocycles. The van der Waals surface area contributed by atoms with Gasteiger partial charge in [-0.15, -0.1) is 0 Å². The van der Waals surface area contributed by atoms with Crippen LogP contribution in [0.15, 0.2) is 32.5 Å². The molecule has 0 radical (unpaired) electrons. The van der Waals surface area contributed by atoms with Crippen molar-refractivity contribution >= 4 is 13.3 Å². The number of aryl methyl sites for hydroxylation is 1. The lowest BCUT2D eigenvalue weighted by Crippen LogP contribution is -2.51. The Kier molecular flexibility index (Phi) is 11.9. The van der Waals surface area contributed by atoms with Crippen LogP contribution >= 0.6 is 7.60 Å². The highest BCUT2D eigenvalue weighted by Gasteiger charge is 2.59. The third-order valence-corrected chi connectivity index (χ3v) is 15.8. The van der Waals surface area contributed by atoms with E-state index in [1.807, 2.05) is 0 Å². The van der Waals surface area contributed by atoms with Crippen molar-refractivity contribution in [3.05, 3.63) is 54.7 Å². The molecule has 1 unspecified atom stereocenters. The van der Waals surface area contributed by atoms with Crippen molar-refractivity contribution in [2.45, 2.75) is 143 Å². The first-order valence-electron chi connectivity index (χ1n) is 19.9. The summed E-state index contributed by atoms with van der Waals surface area (Å²) in [6, 6.07) is -0.797. The first kappa shape index (κ1) is 40.0. The summed E-state index contributed by atoms with van der Waals surface area (Å²) in [6.07, 6.45) is 14.1. The molecule has 12 atom stereocenters. The molecular weight excluding hydrogens is 697 g/mol. The van der Waals surface area contributed by atoms with Gasteiger partial charge in [-0.1, -0.05) is 70.6 Å². The van der Waals surface area contributed by atoms with Crippen LogP contribution in [0.25, 0.3) is 10.4 Å². The number of hydrogen-bond acceptors (Lipinski definition) is 9. The minimum absolute atomic E-state index is 0.0640. The molecule has 2 heterocycles. The van der Waals surface area contributed by atoms with E-state index in [1.54, 1.807) is 6.92 Å². The summed E-state index contributed by atoms with van der Waals surface area (Å²) in [5.41, 5.74) is 9.03. The van der Waals surface area contributed by atoms with Crippen molar-refractivity contribution in [1.82, 2.24) is 9.55 Å². The van der Waals surface area contributed by atoms with E-state index in [-0.39, 0.29) is 11.8 Å². The molecule has 294 valence electrons. The number of nitrogens with one attached hydrogen (secondary N) is 1. The summed E-state index contributed by atoms with van der Waals surface area (Å²) in [6.45, 7) is 13.3. The number of ether oxygens (including phenoxy) is 2. The van der Waals surface area contributed by atoms with E-state index in [0.29, 0.717) is 35.7 Å². The predicted molar refractivity (Wildman–Crippen MR) is 201 cm³/mol. The Balaban J connectivity index is 1.07. The minimum atomic E-state index is -4.41. The molecule has 14 heteroatoms. The summed E-state index contributed by atoms with van der Waals surface area (Å²) in [5.74, 6) is 4.42. The Bertz CT molecular complexity index is 1770. The van der Waals surface area contributed by atoms with E-state index in [1.165, 1.54) is 61.3 Å². The predicted octanol–water partition coefficient (Wildman–Crippen LogP) is 9.21. The number of fused-ring (bicyclic) bond motifs is 5. The maximum atomic E-state index is 13.7. The van der Waals surface area contributed by atoms with Crippen molar-refractivity contribution in [3.8, 4) is 0 Å². The zero-order valence-corrected chi connectivity index (χ0v) is 33.5. The van der Waals surface area contributed by atoms with E-state index in [0.717, 1.165) is 43.6 Å². The third kappa shape index (κ3) is 7.75. The molecule has 5 aliphatic rings. The number of azide groups is 1. The summed E-state index contributed by atoms with van der Waals surface area (Å²) in [7, 11) is -3.27. The van der Waals surface area contributed by atoms with E-state index in [2.05, 4.69) is 55.7 Å². The minimum Gasteiger partial charge on any atom is -0.453 e. The molecule has 1 aromatic heterocycles. The lowest BCUT2D eigenvalue weighted by molar-refractivity contribution is -0.0576. The number of carbonyl (C=O) groups is 1. The molecule has 0 amide bonds. The Morgan fingerprint density at radius 2 is 1.92 bits per heavy atom. The Morgan fingerprint density at radius 1 is 1.15 bits per heavy atom. The third-order valence-electron chi connectivity index (χ3n) is 14.3. The van der Waals surface area contributed by atoms with Crippen LogP contribution in [0, 0.1) is 53.3 Å². The molecule has 1 N–H and O–H groups in total. The second-order valence-electron chi connectivity index (χ2n) is 17.6. The standard InChI is InChI=1S/C39H60N5O8P/c1-23(2)9-8-10-24(3)29-13-14-30-28-12-11-26-19-27(15-17-38(26,5)31(28)16-18-39(29,30)6)51-37(47)53(48,49-7)50-22-33-32(42-43-40)20-34(52-33)44-21-25(4)35(45)41-36(44)46/h11,21,23-24,27-34H,8-10,12-20,22H2,1-7H3,(H,41,45,46)/t24-,27+,28+,29-,30+,31+,32+,33-,34-,38+,39-,53?/m1/s1. The number of nitrogens with zero attached hydrogens (tertiary/aromatic N) is 4. The summed E-state index contributed by atoms with van der Waals surface area (Å²) < 4.78 is 37.5. The number of allylic oxidation sites excluding steroid dienone is 1. The SMILES string of the molecule is COP(=O)(OC[C@H]1O[C@@H](n2cc(C)c(=O)[nH]c2=O)C[C@@H]1N=[N+]=[N-])C(=O)O[C@H]1CC[C@@]2(C)C(=CC[C@H]3[C@@H]4CC[C@H]([C@H](C)CCCC(C)C)[C@@]4(C)CC[C@@H]32)C1. The van der Waals surface area contributed by atoms with Crippen molar-refractivity contribution in [1.29, 1.82) is 0 Å². The number of H-pyrrole nitrogens is 1. The second-order valence-corrected chi connectivity index (χ2v) is 19.6. The maximum absolute atomic E-state index is 13.7. The van der Waals surface area contributed by atoms with Gasteiger partial charge in [0, 0.05) is 36.6 Å². The quantitative estimate of drug-likeness (QED) is 0.0681. The maximum Gasteiger partial charge on any atom is 0.438 e. The van der Waals surface area contributed by atoms with Crippen LogP contribution in [0.4, 0.5) is 4.79 Å². The fourth-order valence-corrected chi connectivity index (χ4v) is 12.3. The van der Waals surface area contributed by atoms with Crippen molar-refractivity contribution in [3.63, 3.8) is 0 Å². The zero-order valence-electron chi connectivity index (χ0n) is 32.6. The van der Waals surface area contributed by atoms with Crippen LogP contribution in [0.5, 0.6) is 0 Å². The van der Waals surface area contributed by atoms with Crippen molar-refractivity contribution < 1.29 is 27.9 Å². The zero-order chi connectivity index (χ0) is 38.3. The lowest BCUT2D eigenvalue weighted by Gasteiger charge is -2.58. The molecule has 0 bridgehead atoms. The van der Waals surface area contributed by atoms with Gasteiger partial charge in [0.05, 0.1) is 18.8 Å². The molecule has 4 aliphatic carbocycles. The molecule has 53 heavy (non-hydrogen) atoms. The fraction of sp³-hybridized carbons (Fsp3) is 0.821. The topological polar surface area (TPSA) is 175 Å². The Labute approximate surface area is 313 Å². The van der Waals surface area contributed by atoms with Gasteiger partial charge in [0.1, 0.15) is 12.3 Å². The summed E-state index contributed by atoms with van der Waals surface area (Å²) in [4.78, 5) is 42.9. The first-order valence-corrected chi connectivity index (χ1v) is 21.4. The number of rotatable bonds is 13. The van der Waals surface area contributed by atoms with Crippen LogP contribution < -0.4 is 11.2 Å². The largest absolute Gasteiger partial charge is 0.453 e. The van der Waals surface area contributed by atoms with Gasteiger partial charge in [0.2, 0.25) is 0 Å². The second kappa shape index (κ2) is 15.8. The smallest absolute Gasteiger partial charge is 0.438 e. The average molecular weight is 758 g/mol. The van der Waals surface area contributed by atoms with Gasteiger partial charge in [-0.3, -0.25) is 18.9 Å². The van der Waals surface area contributed by atoms with Crippen LogP contribution in [0.2, 0.25) is 0 Å². The molecule has 3 saturated carbocycles. The molecular formula is C39H60N5O8P. The van der Waals surface area contributed by atoms with Gasteiger partial charge in [-0.2, -0.15) is 0 Å². The van der Waals surface area contributed by atoms with E-state index < -0.39 is 55.6 Å². The lowest BCUT2D eigenvalue weighted by atomic mass is 9.47. The van der Waals surface area contributed by atoms with E-state index in [9.17, 15) is 18.9 Å². The molecule has 1 saturated heterocycles. The fourth-order valence-electron chi connectivity index (χ4n) is 11.3. The highest BCUT2D eigenvalue weighted by Crippen LogP contribution is 2.67. The van der Waals surface area contributed by atoms with E-state index >= 15 is 0 Å². The summed E-state index contributed by atoms with van der Waals surface area (Å²) in [5, 5.41) is 3.77. The van der Waals surface area contributed by atoms with Gasteiger partial charge in [0.15, 0.2) is 0 Å². The van der Waals surface area contributed by atoms with Crippen LogP contribution in [-0.2, 0) is 23.1 Å². The van der Waals surface area contributed by atoms with Gasteiger partial charge in [-0.05, 0) is 104 Å².